The van der Waals surface area contributed by atoms with Gasteiger partial charge in [-0.05, 0) is 37.3 Å². The molecule has 7 nitrogen and oxygen atoms in total. The summed E-state index contributed by atoms with van der Waals surface area (Å²) in [6.45, 7) is 6.18. The van der Waals surface area contributed by atoms with E-state index in [-0.39, 0.29) is 10.6 Å². The zero-order valence-corrected chi connectivity index (χ0v) is 14.5. The first-order valence-electron chi connectivity index (χ1n) is 8.68. The molecule has 1 saturated heterocycles. The van der Waals surface area contributed by atoms with Crippen molar-refractivity contribution in [3.8, 4) is 0 Å². The van der Waals surface area contributed by atoms with Crippen LogP contribution in [0, 0.1) is 16.0 Å². The summed E-state index contributed by atoms with van der Waals surface area (Å²) >= 11 is 0. The average Bonchev–Trinajstić information content (AvgIpc) is 2.60. The molecule has 0 N–H and O–H groups in total. The lowest BCUT2D eigenvalue weighted by molar-refractivity contribution is -0.418. The number of hydrogen-bond acceptors (Lipinski definition) is 6. The van der Waals surface area contributed by atoms with Crippen molar-refractivity contribution >= 4 is 17.5 Å². The Hall–Kier alpha value is -2.70. The largest absolute Gasteiger partial charge is 0.351 e. The van der Waals surface area contributed by atoms with Crippen LogP contribution in [0.5, 0.6) is 0 Å². The van der Waals surface area contributed by atoms with Crippen LogP contribution in [0.15, 0.2) is 45.6 Å². The Morgan fingerprint density at radius 1 is 1.20 bits per heavy atom. The third-order valence-corrected chi connectivity index (χ3v) is 5.21. The first-order valence-corrected chi connectivity index (χ1v) is 8.68. The second-order valence-electron chi connectivity index (χ2n) is 6.92. The van der Waals surface area contributed by atoms with Crippen LogP contribution < -0.4 is 0 Å². The van der Waals surface area contributed by atoms with Crippen molar-refractivity contribution in [1.29, 1.82) is 0 Å². The summed E-state index contributed by atoms with van der Waals surface area (Å²) in [6.07, 6.45) is 2.06. The summed E-state index contributed by atoms with van der Waals surface area (Å²) < 4.78 is 0. The number of nitro groups is 1. The van der Waals surface area contributed by atoms with Gasteiger partial charge in [0.1, 0.15) is 5.70 Å². The number of nitrogens with zero attached hydrogens (tertiary/aromatic N) is 5. The highest BCUT2D eigenvalue weighted by molar-refractivity contribution is 6.08. The predicted octanol–water partition coefficient (Wildman–Crippen LogP) is 3.14. The fraction of sp³-hybridized carbons (Fsp3) is 0.444. The Bertz CT molecular complexity index is 819. The third-order valence-electron chi connectivity index (χ3n) is 5.21. The molecule has 3 aliphatic rings. The molecule has 1 aromatic carbocycles. The van der Waals surface area contributed by atoms with Crippen LogP contribution in [0.2, 0.25) is 0 Å². The second-order valence-corrected chi connectivity index (χ2v) is 6.92. The van der Waals surface area contributed by atoms with Crippen LogP contribution in [-0.2, 0) is 6.54 Å². The number of fused-ring (bicyclic) bond motifs is 2. The maximum atomic E-state index is 11.8. The lowest BCUT2D eigenvalue weighted by Gasteiger charge is -2.36. The zero-order valence-electron chi connectivity index (χ0n) is 14.5. The molecule has 4 rings (SSSR count). The van der Waals surface area contributed by atoms with Gasteiger partial charge in [-0.1, -0.05) is 25.1 Å². The highest BCUT2D eigenvalue weighted by atomic mass is 16.6. The van der Waals surface area contributed by atoms with E-state index in [2.05, 4.69) is 16.9 Å². The molecule has 25 heavy (non-hydrogen) atoms. The Labute approximate surface area is 146 Å². The van der Waals surface area contributed by atoms with E-state index >= 15 is 0 Å². The van der Waals surface area contributed by atoms with Crippen LogP contribution in [0.4, 0.5) is 5.69 Å². The number of hydrogen-bond donors (Lipinski definition) is 0. The number of piperidine rings is 1. The van der Waals surface area contributed by atoms with Crippen LogP contribution in [-0.4, -0.2) is 39.6 Å². The molecule has 0 saturated carbocycles. The maximum absolute atomic E-state index is 11.8. The summed E-state index contributed by atoms with van der Waals surface area (Å²) in [6, 6.07) is 7.86. The van der Waals surface area contributed by atoms with Crippen molar-refractivity contribution in [1.82, 2.24) is 9.80 Å². The summed E-state index contributed by atoms with van der Waals surface area (Å²) in [4.78, 5) is 24.6. The highest BCUT2D eigenvalue weighted by Crippen LogP contribution is 2.32. The van der Waals surface area contributed by atoms with Crippen LogP contribution >= 0.6 is 0 Å². The Morgan fingerprint density at radius 3 is 2.64 bits per heavy atom. The molecule has 0 unspecified atom stereocenters. The second kappa shape index (κ2) is 5.98. The van der Waals surface area contributed by atoms with Gasteiger partial charge in [0.25, 0.3) is 0 Å². The number of para-hydroxylation sites is 1. The van der Waals surface area contributed by atoms with Crippen LogP contribution in [0.3, 0.4) is 0 Å². The minimum Gasteiger partial charge on any atom is -0.351 e. The molecule has 0 aliphatic carbocycles. The van der Waals surface area contributed by atoms with Gasteiger partial charge in [0.15, 0.2) is 0 Å². The van der Waals surface area contributed by atoms with Gasteiger partial charge in [0, 0.05) is 13.1 Å². The molecule has 0 spiro atoms. The molecule has 0 radical (unpaired) electrons. The van der Waals surface area contributed by atoms with Crippen molar-refractivity contribution in [2.75, 3.05) is 13.1 Å². The van der Waals surface area contributed by atoms with Gasteiger partial charge in [-0.3, -0.25) is 10.1 Å². The molecular weight excluding hydrogens is 318 g/mol. The van der Waals surface area contributed by atoms with Crippen LogP contribution in [0.1, 0.15) is 32.3 Å². The van der Waals surface area contributed by atoms with Gasteiger partial charge < -0.3 is 9.80 Å². The van der Waals surface area contributed by atoms with E-state index in [1.165, 1.54) is 0 Å². The molecule has 1 fully saturated rings. The molecule has 0 atom stereocenters. The molecule has 3 aliphatic heterocycles. The fourth-order valence-corrected chi connectivity index (χ4v) is 3.61. The van der Waals surface area contributed by atoms with Gasteiger partial charge in [-0.25, -0.2) is 4.99 Å². The average molecular weight is 339 g/mol. The Balaban J connectivity index is 1.78. The van der Waals surface area contributed by atoms with E-state index in [0.717, 1.165) is 37.2 Å². The SMILES string of the molecule is CC1=C([N+](=O)[O-])C(N2CCC(C)CC2)=NC2=Nc3ccccc3CN21. The monoisotopic (exact) mass is 339 g/mol. The molecule has 1 aromatic rings. The maximum Gasteiger partial charge on any atom is 0.330 e. The van der Waals surface area contributed by atoms with E-state index in [0.29, 0.717) is 30.0 Å². The molecule has 7 heteroatoms. The Kier molecular flexibility index (Phi) is 3.78. The van der Waals surface area contributed by atoms with Gasteiger partial charge in [0.2, 0.25) is 11.8 Å². The molecule has 0 bridgehead atoms. The van der Waals surface area contributed by atoms with Crippen molar-refractivity contribution in [2.45, 2.75) is 33.2 Å². The molecule has 130 valence electrons. The van der Waals surface area contributed by atoms with Crippen molar-refractivity contribution in [3.05, 3.63) is 51.3 Å². The number of rotatable bonds is 1. The third kappa shape index (κ3) is 2.69. The molecular formula is C18H21N5O2. The summed E-state index contributed by atoms with van der Waals surface area (Å²) in [5.41, 5.74) is 2.66. The fourth-order valence-electron chi connectivity index (χ4n) is 3.61. The first kappa shape index (κ1) is 15.8. The molecule has 0 amide bonds. The minimum absolute atomic E-state index is 0.105. The van der Waals surface area contributed by atoms with E-state index in [1.807, 2.05) is 34.1 Å². The summed E-state index contributed by atoms with van der Waals surface area (Å²) in [5, 5.41) is 11.8. The number of guanidine groups is 1. The van der Waals surface area contributed by atoms with E-state index in [9.17, 15) is 10.1 Å². The van der Waals surface area contributed by atoms with Gasteiger partial charge in [0.05, 0.1) is 17.2 Å². The number of allylic oxidation sites excluding steroid dienone is 1. The number of aliphatic imine (C=N–C) groups is 2. The minimum atomic E-state index is -0.302. The summed E-state index contributed by atoms with van der Waals surface area (Å²) in [5.74, 6) is 1.67. The quantitative estimate of drug-likeness (QED) is 0.582. The summed E-state index contributed by atoms with van der Waals surface area (Å²) in [7, 11) is 0. The first-order chi connectivity index (χ1) is 12.0. The number of benzene rings is 1. The smallest absolute Gasteiger partial charge is 0.330 e. The van der Waals surface area contributed by atoms with Crippen molar-refractivity contribution in [2.24, 2.45) is 15.9 Å². The predicted molar refractivity (Wildman–Crippen MR) is 96.2 cm³/mol. The zero-order chi connectivity index (χ0) is 17.6. The van der Waals surface area contributed by atoms with Crippen molar-refractivity contribution in [3.63, 3.8) is 0 Å². The van der Waals surface area contributed by atoms with E-state index in [1.54, 1.807) is 6.92 Å². The van der Waals surface area contributed by atoms with Gasteiger partial charge in [-0.2, -0.15) is 4.99 Å². The van der Waals surface area contributed by atoms with Crippen molar-refractivity contribution < 1.29 is 4.92 Å². The van der Waals surface area contributed by atoms with E-state index < -0.39 is 0 Å². The number of amidine groups is 1. The van der Waals surface area contributed by atoms with Gasteiger partial charge >= 0.3 is 5.70 Å². The lowest BCUT2D eigenvalue weighted by Crippen LogP contribution is -2.46. The van der Waals surface area contributed by atoms with Crippen LogP contribution in [0.25, 0.3) is 0 Å². The number of likely N-dealkylation sites (tertiary alicyclic amines) is 1. The van der Waals surface area contributed by atoms with E-state index in [4.69, 9.17) is 0 Å². The topological polar surface area (TPSA) is 74.3 Å². The molecule has 3 heterocycles. The Morgan fingerprint density at radius 2 is 1.92 bits per heavy atom. The normalized spacial score (nSPS) is 20.7. The highest BCUT2D eigenvalue weighted by Gasteiger charge is 2.38. The standard InChI is InChI=1S/C18H21N5O2/c1-12-7-9-21(10-8-12)17-16(23(24)25)13(2)22-11-14-5-3-4-6-15(14)19-18(22)20-17/h3-6,12H,7-11H2,1-2H3. The van der Waals surface area contributed by atoms with Gasteiger partial charge in [-0.15, -0.1) is 0 Å². The molecule has 0 aromatic heterocycles. The lowest BCUT2D eigenvalue weighted by atomic mass is 9.98.